The Kier molecular flexibility index (Phi) is 7.80. The zero-order valence-electron chi connectivity index (χ0n) is 17.4. The number of thioether (sulfide) groups is 1. The van der Waals surface area contributed by atoms with Gasteiger partial charge in [-0.15, -0.1) is 11.8 Å². The molecule has 6 nitrogen and oxygen atoms in total. The van der Waals surface area contributed by atoms with Crippen LogP contribution >= 0.6 is 11.8 Å². The summed E-state index contributed by atoms with van der Waals surface area (Å²) in [4.78, 5) is 15.7. The Morgan fingerprint density at radius 1 is 1.10 bits per heavy atom. The Bertz CT molecular complexity index is 969. The van der Waals surface area contributed by atoms with Crippen molar-refractivity contribution in [2.75, 3.05) is 26.0 Å². The van der Waals surface area contributed by atoms with Gasteiger partial charge in [-0.05, 0) is 68.3 Å². The SMILES string of the molecule is CCOc1ccc(CNS(=O)(=O)c2ccc(SC)c(C(=O)N3CCCCC3)c2)cc1. The highest BCUT2D eigenvalue weighted by molar-refractivity contribution is 7.98. The fourth-order valence-corrected chi connectivity index (χ4v) is 5.03. The van der Waals surface area contributed by atoms with E-state index >= 15 is 0 Å². The van der Waals surface area contributed by atoms with E-state index in [1.807, 2.05) is 42.3 Å². The zero-order chi connectivity index (χ0) is 21.6. The third-order valence-corrected chi connectivity index (χ3v) is 7.25. The van der Waals surface area contributed by atoms with E-state index in [4.69, 9.17) is 4.74 Å². The van der Waals surface area contributed by atoms with E-state index in [0.29, 0.717) is 12.2 Å². The number of carbonyl (C=O) groups excluding carboxylic acids is 1. The number of hydrogen-bond acceptors (Lipinski definition) is 5. The van der Waals surface area contributed by atoms with E-state index in [0.717, 1.165) is 48.6 Å². The van der Waals surface area contributed by atoms with Gasteiger partial charge in [-0.1, -0.05) is 12.1 Å². The van der Waals surface area contributed by atoms with Crippen LogP contribution in [0.1, 0.15) is 42.1 Å². The van der Waals surface area contributed by atoms with Gasteiger partial charge in [0.15, 0.2) is 0 Å². The van der Waals surface area contributed by atoms with Gasteiger partial charge in [-0.25, -0.2) is 13.1 Å². The third-order valence-electron chi connectivity index (χ3n) is 5.06. The van der Waals surface area contributed by atoms with E-state index < -0.39 is 10.0 Å². The van der Waals surface area contributed by atoms with Crippen LogP contribution in [0.15, 0.2) is 52.3 Å². The van der Waals surface area contributed by atoms with Gasteiger partial charge in [0.25, 0.3) is 5.91 Å². The summed E-state index contributed by atoms with van der Waals surface area (Å²) in [7, 11) is -3.75. The molecule has 162 valence electrons. The van der Waals surface area contributed by atoms with Crippen LogP contribution in [0.25, 0.3) is 0 Å². The summed E-state index contributed by atoms with van der Waals surface area (Å²) in [6.07, 6.45) is 4.99. The summed E-state index contributed by atoms with van der Waals surface area (Å²) in [5.74, 6) is 0.653. The average Bonchev–Trinajstić information content (AvgIpc) is 2.78. The first kappa shape index (κ1) is 22.7. The summed E-state index contributed by atoms with van der Waals surface area (Å²) in [6.45, 7) is 4.10. The molecule has 0 unspecified atom stereocenters. The molecule has 0 bridgehead atoms. The fraction of sp³-hybridized carbons (Fsp3) is 0.409. The van der Waals surface area contributed by atoms with Crippen LogP contribution in [0.4, 0.5) is 0 Å². The topological polar surface area (TPSA) is 75.7 Å². The molecule has 3 rings (SSSR count). The number of nitrogens with zero attached hydrogens (tertiary/aromatic N) is 1. The van der Waals surface area contributed by atoms with Gasteiger partial charge >= 0.3 is 0 Å². The van der Waals surface area contributed by atoms with Crippen molar-refractivity contribution in [3.8, 4) is 5.75 Å². The minimum atomic E-state index is -3.75. The number of likely N-dealkylation sites (tertiary alicyclic amines) is 1. The van der Waals surface area contributed by atoms with E-state index in [1.165, 1.54) is 17.8 Å². The summed E-state index contributed by atoms with van der Waals surface area (Å²) < 4.78 is 33.7. The lowest BCUT2D eigenvalue weighted by molar-refractivity contribution is 0.0720. The second-order valence-corrected chi connectivity index (χ2v) is 9.73. The molecule has 0 radical (unpaired) electrons. The van der Waals surface area contributed by atoms with Crippen LogP contribution in [-0.2, 0) is 16.6 Å². The minimum Gasteiger partial charge on any atom is -0.494 e. The van der Waals surface area contributed by atoms with Gasteiger partial charge in [0.2, 0.25) is 10.0 Å². The van der Waals surface area contributed by atoms with Crippen LogP contribution in [0.3, 0.4) is 0 Å². The van der Waals surface area contributed by atoms with Crippen LogP contribution in [0.5, 0.6) is 5.75 Å². The predicted molar refractivity (Wildman–Crippen MR) is 120 cm³/mol. The number of amides is 1. The molecule has 0 atom stereocenters. The number of benzene rings is 2. The molecular formula is C22H28N2O4S2. The van der Waals surface area contributed by atoms with E-state index in [1.54, 1.807) is 12.1 Å². The number of ether oxygens (including phenoxy) is 1. The molecule has 1 aliphatic heterocycles. The third kappa shape index (κ3) is 5.56. The average molecular weight is 449 g/mol. The summed E-state index contributed by atoms with van der Waals surface area (Å²) >= 11 is 1.45. The van der Waals surface area contributed by atoms with Gasteiger partial charge in [0.05, 0.1) is 17.1 Å². The monoisotopic (exact) mass is 448 g/mol. The number of nitrogens with one attached hydrogen (secondary N) is 1. The Labute approximate surface area is 183 Å². The Balaban J connectivity index is 1.77. The number of hydrogen-bond donors (Lipinski definition) is 1. The maximum atomic E-state index is 13.0. The predicted octanol–water partition coefficient (Wildman–Crippen LogP) is 3.91. The smallest absolute Gasteiger partial charge is 0.255 e. The maximum absolute atomic E-state index is 13.0. The van der Waals surface area contributed by atoms with Crippen molar-refractivity contribution in [2.24, 2.45) is 0 Å². The molecule has 1 fully saturated rings. The van der Waals surface area contributed by atoms with Gasteiger partial charge in [0, 0.05) is 24.5 Å². The minimum absolute atomic E-state index is 0.0948. The molecule has 30 heavy (non-hydrogen) atoms. The largest absolute Gasteiger partial charge is 0.494 e. The molecule has 0 saturated carbocycles. The van der Waals surface area contributed by atoms with Crippen LogP contribution in [0.2, 0.25) is 0 Å². The first-order valence-corrected chi connectivity index (χ1v) is 12.8. The molecule has 2 aromatic carbocycles. The fourth-order valence-electron chi connectivity index (χ4n) is 3.42. The van der Waals surface area contributed by atoms with Crippen LogP contribution in [-0.4, -0.2) is 45.2 Å². The molecular weight excluding hydrogens is 420 g/mol. The van der Waals surface area contributed by atoms with Crippen molar-refractivity contribution in [3.63, 3.8) is 0 Å². The standard InChI is InChI=1S/C22H28N2O4S2/c1-3-28-18-9-7-17(8-10-18)16-23-30(26,27)19-11-12-21(29-2)20(15-19)22(25)24-13-5-4-6-14-24/h7-12,15,23H,3-6,13-14,16H2,1-2H3. The molecule has 1 aliphatic rings. The van der Waals surface area contributed by atoms with Gasteiger partial charge < -0.3 is 9.64 Å². The molecule has 1 saturated heterocycles. The molecule has 0 aromatic heterocycles. The molecule has 1 N–H and O–H groups in total. The normalized spacial score (nSPS) is 14.5. The zero-order valence-corrected chi connectivity index (χ0v) is 19.0. The highest BCUT2D eigenvalue weighted by Crippen LogP contribution is 2.26. The quantitative estimate of drug-likeness (QED) is 0.620. The van der Waals surface area contributed by atoms with Gasteiger partial charge in [-0.2, -0.15) is 0 Å². The second-order valence-electron chi connectivity index (χ2n) is 7.12. The summed E-state index contributed by atoms with van der Waals surface area (Å²) in [5, 5.41) is 0. The lowest BCUT2D eigenvalue weighted by Gasteiger charge is -2.27. The number of carbonyl (C=O) groups is 1. The van der Waals surface area contributed by atoms with E-state index in [2.05, 4.69) is 4.72 Å². The summed E-state index contributed by atoms with van der Waals surface area (Å²) in [5.41, 5.74) is 1.28. The van der Waals surface area contributed by atoms with Crippen molar-refractivity contribution < 1.29 is 17.9 Å². The highest BCUT2D eigenvalue weighted by Gasteiger charge is 2.23. The van der Waals surface area contributed by atoms with Crippen molar-refractivity contribution in [3.05, 3.63) is 53.6 Å². The van der Waals surface area contributed by atoms with Crippen molar-refractivity contribution in [1.29, 1.82) is 0 Å². The van der Waals surface area contributed by atoms with Crippen molar-refractivity contribution >= 4 is 27.7 Å². The van der Waals surface area contributed by atoms with Gasteiger partial charge in [-0.3, -0.25) is 4.79 Å². The molecule has 8 heteroatoms. The first-order chi connectivity index (χ1) is 14.4. The Hall–Kier alpha value is -2.03. The number of piperidine rings is 1. The lowest BCUT2D eigenvalue weighted by Crippen LogP contribution is -2.36. The highest BCUT2D eigenvalue weighted by atomic mass is 32.2. The van der Waals surface area contributed by atoms with Crippen LogP contribution in [0, 0.1) is 0 Å². The second kappa shape index (κ2) is 10.3. The lowest BCUT2D eigenvalue weighted by atomic mass is 10.1. The Morgan fingerprint density at radius 2 is 1.80 bits per heavy atom. The number of rotatable bonds is 8. The van der Waals surface area contributed by atoms with E-state index in [9.17, 15) is 13.2 Å². The van der Waals surface area contributed by atoms with E-state index in [-0.39, 0.29) is 17.3 Å². The molecule has 2 aromatic rings. The summed E-state index contributed by atoms with van der Waals surface area (Å²) in [6, 6.07) is 12.1. The van der Waals surface area contributed by atoms with Crippen molar-refractivity contribution in [2.45, 2.75) is 42.5 Å². The molecule has 1 amide bonds. The molecule has 0 spiro atoms. The first-order valence-electron chi connectivity index (χ1n) is 10.1. The number of sulfonamides is 1. The Morgan fingerprint density at radius 3 is 2.43 bits per heavy atom. The van der Waals surface area contributed by atoms with Gasteiger partial charge in [0.1, 0.15) is 5.75 Å². The molecule has 0 aliphatic carbocycles. The van der Waals surface area contributed by atoms with Crippen molar-refractivity contribution in [1.82, 2.24) is 9.62 Å². The van der Waals surface area contributed by atoms with Crippen LogP contribution < -0.4 is 9.46 Å². The maximum Gasteiger partial charge on any atom is 0.255 e. The molecule has 1 heterocycles.